The molecule has 0 bridgehead atoms. The summed E-state index contributed by atoms with van der Waals surface area (Å²) < 4.78 is 0. The summed E-state index contributed by atoms with van der Waals surface area (Å²) in [7, 11) is 0. The van der Waals surface area contributed by atoms with E-state index in [2.05, 4.69) is 11.1 Å². The lowest BCUT2D eigenvalue weighted by Gasteiger charge is -2.18. The Balaban J connectivity index is 2.29. The lowest BCUT2D eigenvalue weighted by atomic mass is 10.1. The second kappa shape index (κ2) is 7.28. The summed E-state index contributed by atoms with van der Waals surface area (Å²) >= 11 is 1.34. The van der Waals surface area contributed by atoms with Gasteiger partial charge in [-0.25, -0.2) is 4.98 Å². The van der Waals surface area contributed by atoms with Crippen molar-refractivity contribution >= 4 is 28.6 Å². The maximum atomic E-state index is 12.1. The van der Waals surface area contributed by atoms with Gasteiger partial charge in [0.1, 0.15) is 11.1 Å². The first-order valence-electron chi connectivity index (χ1n) is 7.31. The number of carbonyl (C=O) groups excluding carboxylic acids is 1. The van der Waals surface area contributed by atoms with Gasteiger partial charge >= 0.3 is 0 Å². The molecular formula is C17H19N3OS. The Morgan fingerprint density at radius 3 is 2.73 bits per heavy atom. The van der Waals surface area contributed by atoms with E-state index in [4.69, 9.17) is 0 Å². The first-order chi connectivity index (χ1) is 10.6. The maximum Gasteiger partial charge on any atom is 0.232 e. The van der Waals surface area contributed by atoms with Crippen LogP contribution >= 0.6 is 11.8 Å². The van der Waals surface area contributed by atoms with Gasteiger partial charge in [-0.3, -0.25) is 4.79 Å². The number of nitriles is 1. The van der Waals surface area contributed by atoms with E-state index in [1.165, 1.54) is 11.8 Å². The van der Waals surface area contributed by atoms with Gasteiger partial charge in [-0.2, -0.15) is 5.26 Å². The molecule has 0 unspecified atom stereocenters. The van der Waals surface area contributed by atoms with Crippen molar-refractivity contribution in [2.45, 2.75) is 25.8 Å². The number of hydrogen-bond acceptors (Lipinski definition) is 4. The number of nitrogens with zero attached hydrogens (tertiary/aromatic N) is 3. The molecule has 4 nitrogen and oxygen atoms in total. The van der Waals surface area contributed by atoms with E-state index in [-0.39, 0.29) is 5.91 Å². The van der Waals surface area contributed by atoms with Crippen LogP contribution in [-0.2, 0) is 4.79 Å². The molecule has 1 aromatic heterocycles. The van der Waals surface area contributed by atoms with Crippen LogP contribution in [0.25, 0.3) is 10.9 Å². The highest BCUT2D eigenvalue weighted by molar-refractivity contribution is 8.00. The van der Waals surface area contributed by atoms with E-state index >= 15 is 0 Å². The summed E-state index contributed by atoms with van der Waals surface area (Å²) in [5.41, 5.74) is 2.48. The minimum Gasteiger partial charge on any atom is -0.343 e. The van der Waals surface area contributed by atoms with Crippen LogP contribution in [0.4, 0.5) is 0 Å². The van der Waals surface area contributed by atoms with Crippen molar-refractivity contribution in [3.05, 3.63) is 35.4 Å². The summed E-state index contributed by atoms with van der Waals surface area (Å²) in [6.07, 6.45) is 0. The molecule has 22 heavy (non-hydrogen) atoms. The molecule has 0 aliphatic heterocycles. The fourth-order valence-electron chi connectivity index (χ4n) is 2.32. The van der Waals surface area contributed by atoms with Gasteiger partial charge in [-0.15, -0.1) is 0 Å². The zero-order valence-electron chi connectivity index (χ0n) is 13.1. The monoisotopic (exact) mass is 313 g/mol. The van der Waals surface area contributed by atoms with Gasteiger partial charge in [0.15, 0.2) is 0 Å². The molecule has 5 heteroatoms. The Morgan fingerprint density at radius 2 is 2.09 bits per heavy atom. The van der Waals surface area contributed by atoms with Crippen LogP contribution in [0.3, 0.4) is 0 Å². The smallest absolute Gasteiger partial charge is 0.232 e. The molecule has 114 valence electrons. The molecule has 2 aromatic rings. The van der Waals surface area contributed by atoms with Gasteiger partial charge in [-0.05, 0) is 32.4 Å². The quantitative estimate of drug-likeness (QED) is 0.794. The van der Waals surface area contributed by atoms with Gasteiger partial charge in [0.2, 0.25) is 5.91 Å². The first-order valence-corrected chi connectivity index (χ1v) is 8.30. The molecule has 2 rings (SSSR count). The van der Waals surface area contributed by atoms with Crippen molar-refractivity contribution in [3.63, 3.8) is 0 Å². The highest BCUT2D eigenvalue weighted by Gasteiger charge is 2.14. The molecule has 0 spiro atoms. The number of hydrogen-bond donors (Lipinski definition) is 0. The minimum atomic E-state index is 0.0746. The summed E-state index contributed by atoms with van der Waals surface area (Å²) in [6.45, 7) is 7.32. The Hall–Kier alpha value is -2.06. The molecule has 0 atom stereocenters. The zero-order valence-corrected chi connectivity index (χ0v) is 13.9. The third kappa shape index (κ3) is 3.40. The Morgan fingerprint density at radius 1 is 1.36 bits per heavy atom. The van der Waals surface area contributed by atoms with Crippen LogP contribution in [0.1, 0.15) is 25.0 Å². The summed E-state index contributed by atoms with van der Waals surface area (Å²) in [4.78, 5) is 18.5. The van der Waals surface area contributed by atoms with E-state index in [1.54, 1.807) is 4.90 Å². The number of rotatable bonds is 5. The molecule has 0 N–H and O–H groups in total. The van der Waals surface area contributed by atoms with Crippen molar-refractivity contribution < 1.29 is 4.79 Å². The number of aromatic nitrogens is 1. The highest BCUT2D eigenvalue weighted by Crippen LogP contribution is 2.26. The number of thioether (sulfide) groups is 1. The normalized spacial score (nSPS) is 10.5. The SMILES string of the molecule is CCN(CC)C(=O)CSc1nc2c(C)cccc2cc1C#N. The van der Waals surface area contributed by atoms with Crippen molar-refractivity contribution in [2.24, 2.45) is 0 Å². The number of aryl methyl sites for hydroxylation is 1. The van der Waals surface area contributed by atoms with Gasteiger partial charge in [0.05, 0.1) is 16.8 Å². The van der Waals surface area contributed by atoms with Crippen LogP contribution < -0.4 is 0 Å². The molecule has 1 heterocycles. The van der Waals surface area contributed by atoms with Crippen LogP contribution in [-0.4, -0.2) is 34.6 Å². The fraction of sp³-hybridized carbons (Fsp3) is 0.353. The van der Waals surface area contributed by atoms with Crippen LogP contribution in [0.2, 0.25) is 0 Å². The molecule has 1 amide bonds. The molecule has 0 aliphatic rings. The fourth-order valence-corrected chi connectivity index (χ4v) is 3.18. The second-order valence-corrected chi connectivity index (χ2v) is 5.92. The van der Waals surface area contributed by atoms with Crippen molar-refractivity contribution in [2.75, 3.05) is 18.8 Å². The van der Waals surface area contributed by atoms with E-state index in [1.807, 2.05) is 45.0 Å². The van der Waals surface area contributed by atoms with E-state index in [0.717, 1.165) is 16.5 Å². The molecule has 0 fully saturated rings. The van der Waals surface area contributed by atoms with Crippen molar-refractivity contribution in [1.29, 1.82) is 5.26 Å². The summed E-state index contributed by atoms with van der Waals surface area (Å²) in [5.74, 6) is 0.381. The van der Waals surface area contributed by atoms with Crippen LogP contribution in [0.15, 0.2) is 29.3 Å². The minimum absolute atomic E-state index is 0.0746. The van der Waals surface area contributed by atoms with Crippen LogP contribution in [0.5, 0.6) is 0 Å². The van der Waals surface area contributed by atoms with Crippen LogP contribution in [0, 0.1) is 18.3 Å². The van der Waals surface area contributed by atoms with E-state index in [0.29, 0.717) is 29.4 Å². The third-order valence-corrected chi connectivity index (χ3v) is 4.56. The second-order valence-electron chi connectivity index (χ2n) is 4.95. The Labute approximate surface area is 135 Å². The number of carbonyl (C=O) groups is 1. The summed E-state index contributed by atoms with van der Waals surface area (Å²) in [6, 6.07) is 9.93. The lowest BCUT2D eigenvalue weighted by molar-refractivity contribution is -0.127. The topological polar surface area (TPSA) is 57.0 Å². The van der Waals surface area contributed by atoms with Gasteiger partial charge in [0, 0.05) is 18.5 Å². The largest absolute Gasteiger partial charge is 0.343 e. The molecule has 0 saturated carbocycles. The van der Waals surface area contributed by atoms with E-state index < -0.39 is 0 Å². The Bertz CT molecular complexity index is 732. The molecule has 0 saturated heterocycles. The maximum absolute atomic E-state index is 12.1. The average Bonchev–Trinajstić information content (AvgIpc) is 2.53. The van der Waals surface area contributed by atoms with Crippen molar-refractivity contribution in [3.8, 4) is 6.07 Å². The lowest BCUT2D eigenvalue weighted by Crippen LogP contribution is -2.31. The number of amides is 1. The zero-order chi connectivity index (χ0) is 16.1. The molecule has 0 radical (unpaired) electrons. The molecule has 0 aliphatic carbocycles. The predicted octanol–water partition coefficient (Wildman–Crippen LogP) is 3.38. The Kier molecular flexibility index (Phi) is 5.40. The standard InChI is InChI=1S/C17H19N3OS/c1-4-20(5-2)15(21)11-22-17-14(10-18)9-13-8-6-7-12(3)16(13)19-17/h6-9H,4-5,11H2,1-3H3. The van der Waals surface area contributed by atoms with Gasteiger partial charge < -0.3 is 4.90 Å². The highest BCUT2D eigenvalue weighted by atomic mass is 32.2. The average molecular weight is 313 g/mol. The van der Waals surface area contributed by atoms with Crippen molar-refractivity contribution in [1.82, 2.24) is 9.88 Å². The van der Waals surface area contributed by atoms with E-state index in [9.17, 15) is 10.1 Å². The molecular weight excluding hydrogens is 294 g/mol. The number of benzene rings is 1. The molecule has 1 aromatic carbocycles. The number of pyridine rings is 1. The number of para-hydroxylation sites is 1. The predicted molar refractivity (Wildman–Crippen MR) is 89.8 cm³/mol. The third-order valence-electron chi connectivity index (χ3n) is 3.58. The summed E-state index contributed by atoms with van der Waals surface area (Å²) in [5, 5.41) is 10.9. The van der Waals surface area contributed by atoms with Gasteiger partial charge in [0.25, 0.3) is 0 Å². The van der Waals surface area contributed by atoms with Gasteiger partial charge in [-0.1, -0.05) is 30.0 Å². The first kappa shape index (κ1) is 16.3. The number of fused-ring (bicyclic) bond motifs is 1.